The van der Waals surface area contributed by atoms with Crippen LogP contribution in [0.25, 0.3) is 16.8 Å². The van der Waals surface area contributed by atoms with Crippen LogP contribution < -0.4 is 10.3 Å². The second-order valence-electron chi connectivity index (χ2n) is 5.62. The zero-order valence-electron chi connectivity index (χ0n) is 13.8. The van der Waals surface area contributed by atoms with Crippen molar-refractivity contribution in [3.05, 3.63) is 63.7 Å². The lowest BCUT2D eigenvalue weighted by Crippen LogP contribution is -2.19. The number of pyridine rings is 1. The molecule has 2 aromatic heterocycles. The highest BCUT2D eigenvalue weighted by Gasteiger charge is 2.16. The Bertz CT molecular complexity index is 934. The van der Waals surface area contributed by atoms with Gasteiger partial charge in [0.1, 0.15) is 11.4 Å². The molecule has 0 saturated heterocycles. The molecule has 0 saturated carbocycles. The standard InChI is InChI=1S/C19H19ClN2O2/c1-3-4-7-15-18(13-9-10-14(20)16(12-13)24-2)19(23)22-11-6-5-8-17(22)21-15/h5-6,8-12H,3-4,7H2,1-2H3. The largest absolute Gasteiger partial charge is 0.495 e. The quantitative estimate of drug-likeness (QED) is 0.691. The van der Waals surface area contributed by atoms with Crippen molar-refractivity contribution in [2.45, 2.75) is 26.2 Å². The van der Waals surface area contributed by atoms with Crippen molar-refractivity contribution in [1.82, 2.24) is 9.38 Å². The van der Waals surface area contributed by atoms with Gasteiger partial charge in [-0.25, -0.2) is 4.98 Å². The van der Waals surface area contributed by atoms with Gasteiger partial charge in [-0.15, -0.1) is 0 Å². The molecule has 3 rings (SSSR count). The van der Waals surface area contributed by atoms with Gasteiger partial charge in [-0.1, -0.05) is 37.1 Å². The number of halogens is 1. The Morgan fingerprint density at radius 1 is 1.25 bits per heavy atom. The number of aromatic nitrogens is 2. The predicted molar refractivity (Wildman–Crippen MR) is 97.1 cm³/mol. The molecule has 0 fully saturated rings. The van der Waals surface area contributed by atoms with Gasteiger partial charge in [0, 0.05) is 6.20 Å². The SMILES string of the molecule is CCCCc1nc2ccccn2c(=O)c1-c1ccc(Cl)c(OC)c1. The van der Waals surface area contributed by atoms with Crippen molar-refractivity contribution in [3.8, 4) is 16.9 Å². The van der Waals surface area contributed by atoms with E-state index in [1.165, 1.54) is 0 Å². The van der Waals surface area contributed by atoms with Crippen LogP contribution in [0.2, 0.25) is 5.02 Å². The van der Waals surface area contributed by atoms with Crippen LogP contribution in [-0.4, -0.2) is 16.5 Å². The van der Waals surface area contributed by atoms with E-state index in [2.05, 4.69) is 6.92 Å². The van der Waals surface area contributed by atoms with E-state index in [1.54, 1.807) is 29.8 Å². The van der Waals surface area contributed by atoms with E-state index >= 15 is 0 Å². The highest BCUT2D eigenvalue weighted by molar-refractivity contribution is 6.32. The summed E-state index contributed by atoms with van der Waals surface area (Å²) in [7, 11) is 1.56. The summed E-state index contributed by atoms with van der Waals surface area (Å²) in [5.74, 6) is 0.549. The minimum absolute atomic E-state index is 0.0731. The molecule has 0 aliphatic rings. The first-order chi connectivity index (χ1) is 11.7. The van der Waals surface area contributed by atoms with Crippen LogP contribution in [0.5, 0.6) is 5.75 Å². The van der Waals surface area contributed by atoms with E-state index in [1.807, 2.05) is 24.3 Å². The second kappa shape index (κ2) is 7.05. The number of benzene rings is 1. The number of hydrogen-bond acceptors (Lipinski definition) is 3. The van der Waals surface area contributed by atoms with Crippen molar-refractivity contribution in [2.24, 2.45) is 0 Å². The summed E-state index contributed by atoms with van der Waals surface area (Å²) >= 11 is 6.12. The highest BCUT2D eigenvalue weighted by atomic mass is 35.5. The molecule has 124 valence electrons. The first-order valence-electron chi connectivity index (χ1n) is 8.00. The number of aryl methyl sites for hydroxylation is 1. The van der Waals surface area contributed by atoms with Gasteiger partial charge in [0.15, 0.2) is 0 Å². The zero-order valence-corrected chi connectivity index (χ0v) is 14.5. The summed E-state index contributed by atoms with van der Waals surface area (Å²) in [6, 6.07) is 11.0. The van der Waals surface area contributed by atoms with Crippen LogP contribution in [0.15, 0.2) is 47.4 Å². The first kappa shape index (κ1) is 16.5. The summed E-state index contributed by atoms with van der Waals surface area (Å²) < 4.78 is 6.87. The van der Waals surface area contributed by atoms with Crippen molar-refractivity contribution >= 4 is 17.2 Å². The smallest absolute Gasteiger partial charge is 0.265 e. The Morgan fingerprint density at radius 3 is 2.83 bits per heavy atom. The van der Waals surface area contributed by atoms with Crippen LogP contribution in [0.4, 0.5) is 0 Å². The summed E-state index contributed by atoms with van der Waals surface area (Å²) in [4.78, 5) is 17.8. The fraction of sp³-hybridized carbons (Fsp3) is 0.263. The molecule has 3 aromatic rings. The maximum absolute atomic E-state index is 13.0. The monoisotopic (exact) mass is 342 g/mol. The topological polar surface area (TPSA) is 43.6 Å². The first-order valence-corrected chi connectivity index (χ1v) is 8.37. The van der Waals surface area contributed by atoms with E-state index in [9.17, 15) is 4.79 Å². The van der Waals surface area contributed by atoms with Crippen molar-refractivity contribution in [3.63, 3.8) is 0 Å². The molecule has 4 nitrogen and oxygen atoms in total. The van der Waals surface area contributed by atoms with Crippen LogP contribution >= 0.6 is 11.6 Å². The number of unbranched alkanes of at least 4 members (excludes halogenated alkanes) is 1. The van der Waals surface area contributed by atoms with E-state index < -0.39 is 0 Å². The van der Waals surface area contributed by atoms with Crippen molar-refractivity contribution < 1.29 is 4.74 Å². The molecular formula is C19H19ClN2O2. The summed E-state index contributed by atoms with van der Waals surface area (Å²) in [5, 5.41) is 0.519. The molecule has 0 atom stereocenters. The molecule has 24 heavy (non-hydrogen) atoms. The van der Waals surface area contributed by atoms with Gasteiger partial charge < -0.3 is 4.74 Å². The number of fused-ring (bicyclic) bond motifs is 1. The van der Waals surface area contributed by atoms with Gasteiger partial charge in [-0.2, -0.15) is 0 Å². The lowest BCUT2D eigenvalue weighted by molar-refractivity contribution is 0.415. The molecule has 0 spiro atoms. The number of nitrogens with zero attached hydrogens (tertiary/aromatic N) is 2. The predicted octanol–water partition coefficient (Wildman–Crippen LogP) is 4.37. The van der Waals surface area contributed by atoms with Gasteiger partial charge in [-0.05, 0) is 42.7 Å². The number of hydrogen-bond donors (Lipinski definition) is 0. The number of ether oxygens (including phenoxy) is 1. The number of methoxy groups -OCH3 is 1. The molecular weight excluding hydrogens is 324 g/mol. The fourth-order valence-corrected chi connectivity index (χ4v) is 2.96. The van der Waals surface area contributed by atoms with Crippen LogP contribution in [0.3, 0.4) is 0 Å². The molecule has 2 heterocycles. The Balaban J connectivity index is 2.28. The molecule has 0 bridgehead atoms. The lowest BCUT2D eigenvalue weighted by atomic mass is 10.0. The van der Waals surface area contributed by atoms with Crippen molar-refractivity contribution in [1.29, 1.82) is 0 Å². The van der Waals surface area contributed by atoms with E-state index in [0.717, 1.165) is 30.5 Å². The Kier molecular flexibility index (Phi) is 4.86. The van der Waals surface area contributed by atoms with Gasteiger partial charge in [0.25, 0.3) is 5.56 Å². The third-order valence-electron chi connectivity index (χ3n) is 4.02. The molecule has 5 heteroatoms. The van der Waals surface area contributed by atoms with E-state index in [4.69, 9.17) is 21.3 Å². The minimum atomic E-state index is -0.0731. The van der Waals surface area contributed by atoms with Gasteiger partial charge >= 0.3 is 0 Å². The average Bonchev–Trinajstić information content (AvgIpc) is 2.61. The van der Waals surface area contributed by atoms with Gasteiger partial charge in [-0.3, -0.25) is 9.20 Å². The van der Waals surface area contributed by atoms with E-state index in [-0.39, 0.29) is 5.56 Å². The molecule has 0 radical (unpaired) electrons. The zero-order chi connectivity index (χ0) is 17.1. The van der Waals surface area contributed by atoms with E-state index in [0.29, 0.717) is 22.0 Å². The van der Waals surface area contributed by atoms with Crippen LogP contribution in [0.1, 0.15) is 25.5 Å². The third kappa shape index (κ3) is 3.02. The van der Waals surface area contributed by atoms with Gasteiger partial charge in [0.05, 0.1) is 23.4 Å². The molecule has 0 unspecified atom stereocenters. The fourth-order valence-electron chi connectivity index (χ4n) is 2.77. The van der Waals surface area contributed by atoms with Crippen LogP contribution in [-0.2, 0) is 6.42 Å². The average molecular weight is 343 g/mol. The van der Waals surface area contributed by atoms with Crippen LogP contribution in [0, 0.1) is 0 Å². The van der Waals surface area contributed by atoms with Crippen molar-refractivity contribution in [2.75, 3.05) is 7.11 Å². The Hall–Kier alpha value is -2.33. The molecule has 0 aliphatic heterocycles. The molecule has 0 amide bonds. The molecule has 0 aliphatic carbocycles. The second-order valence-corrected chi connectivity index (χ2v) is 6.03. The maximum Gasteiger partial charge on any atom is 0.265 e. The highest BCUT2D eigenvalue weighted by Crippen LogP contribution is 2.30. The third-order valence-corrected chi connectivity index (χ3v) is 4.33. The normalized spacial score (nSPS) is 11.0. The van der Waals surface area contributed by atoms with Gasteiger partial charge in [0.2, 0.25) is 0 Å². The molecule has 0 N–H and O–H groups in total. The summed E-state index contributed by atoms with van der Waals surface area (Å²) in [5.41, 5.74) is 2.80. The minimum Gasteiger partial charge on any atom is -0.495 e. The summed E-state index contributed by atoms with van der Waals surface area (Å²) in [6.45, 7) is 2.12. The Labute approximate surface area is 145 Å². The summed E-state index contributed by atoms with van der Waals surface area (Å²) in [6.07, 6.45) is 4.52. The maximum atomic E-state index is 13.0. The lowest BCUT2D eigenvalue weighted by Gasteiger charge is -2.12. The Morgan fingerprint density at radius 2 is 2.08 bits per heavy atom. The number of rotatable bonds is 5. The molecule has 1 aromatic carbocycles.